The molecule has 22 heavy (non-hydrogen) atoms. The molecular formula is C18H22N4. The number of fused-ring (bicyclic) bond motifs is 4. The standard InChI is InChI=1S/C18H22N4/c1-17(2)11-8-9-18(3)10-13(16(18)15(11)17)20-22-14-7-5-4-6-12(14)19-21-22/h4-7,11,15-16H,8-10H2,1-3H3/b20-13+/t11-,15-,16+,18+/m0/s1. The van der Waals surface area contributed by atoms with E-state index in [2.05, 4.69) is 31.1 Å². The molecule has 5 rings (SSSR count). The first-order valence-corrected chi connectivity index (χ1v) is 8.39. The Kier molecular flexibility index (Phi) is 2.20. The molecule has 114 valence electrons. The molecule has 0 aliphatic heterocycles. The molecule has 0 unspecified atom stereocenters. The second-order valence-electron chi connectivity index (χ2n) is 8.36. The van der Waals surface area contributed by atoms with Crippen LogP contribution in [0.25, 0.3) is 11.0 Å². The minimum Gasteiger partial charge on any atom is -0.158 e. The van der Waals surface area contributed by atoms with Gasteiger partial charge in [-0.3, -0.25) is 0 Å². The van der Waals surface area contributed by atoms with E-state index in [1.165, 1.54) is 18.6 Å². The lowest BCUT2D eigenvalue weighted by molar-refractivity contribution is 0.111. The number of para-hydroxylation sites is 1. The van der Waals surface area contributed by atoms with Crippen LogP contribution in [-0.4, -0.2) is 20.8 Å². The van der Waals surface area contributed by atoms with Crippen LogP contribution in [0.2, 0.25) is 0 Å². The third-order valence-corrected chi connectivity index (χ3v) is 6.78. The van der Waals surface area contributed by atoms with E-state index in [1.807, 2.05) is 24.3 Å². The minimum atomic E-state index is 0.476. The molecule has 2 aromatic rings. The molecule has 1 heterocycles. The Bertz CT molecular complexity index is 802. The molecule has 3 aliphatic carbocycles. The van der Waals surface area contributed by atoms with Crippen molar-refractivity contribution < 1.29 is 0 Å². The number of aromatic nitrogens is 3. The van der Waals surface area contributed by atoms with Crippen LogP contribution in [0.4, 0.5) is 0 Å². The zero-order chi connectivity index (χ0) is 15.1. The molecule has 0 amide bonds. The Morgan fingerprint density at radius 1 is 1.23 bits per heavy atom. The maximum atomic E-state index is 4.88. The van der Waals surface area contributed by atoms with Gasteiger partial charge in [-0.15, -0.1) is 9.89 Å². The number of nitrogens with zero attached hydrogens (tertiary/aromatic N) is 4. The first-order valence-electron chi connectivity index (χ1n) is 8.39. The Hall–Kier alpha value is -1.71. The Morgan fingerprint density at radius 3 is 2.91 bits per heavy atom. The summed E-state index contributed by atoms with van der Waals surface area (Å²) in [6, 6.07) is 8.05. The fourth-order valence-electron chi connectivity index (χ4n) is 5.42. The molecule has 0 saturated heterocycles. The second kappa shape index (κ2) is 3.79. The van der Waals surface area contributed by atoms with Crippen LogP contribution in [0.3, 0.4) is 0 Å². The van der Waals surface area contributed by atoms with E-state index in [4.69, 9.17) is 5.10 Å². The largest absolute Gasteiger partial charge is 0.158 e. The van der Waals surface area contributed by atoms with Gasteiger partial charge in [0.25, 0.3) is 0 Å². The average Bonchev–Trinajstić information content (AvgIpc) is 2.83. The van der Waals surface area contributed by atoms with Crippen molar-refractivity contribution in [1.82, 2.24) is 15.1 Å². The predicted octanol–water partition coefficient (Wildman–Crippen LogP) is 3.73. The van der Waals surface area contributed by atoms with E-state index in [0.29, 0.717) is 16.7 Å². The summed E-state index contributed by atoms with van der Waals surface area (Å²) in [5, 5.41) is 13.3. The van der Waals surface area contributed by atoms with Gasteiger partial charge in [-0.05, 0) is 59.3 Å². The second-order valence-corrected chi connectivity index (χ2v) is 8.36. The van der Waals surface area contributed by atoms with Crippen LogP contribution >= 0.6 is 0 Å². The summed E-state index contributed by atoms with van der Waals surface area (Å²) in [6.07, 6.45) is 3.90. The van der Waals surface area contributed by atoms with E-state index >= 15 is 0 Å². The number of hydrogen-bond donors (Lipinski definition) is 0. The smallest absolute Gasteiger partial charge is 0.115 e. The first-order chi connectivity index (χ1) is 10.5. The highest BCUT2D eigenvalue weighted by Crippen LogP contribution is 2.74. The van der Waals surface area contributed by atoms with E-state index in [9.17, 15) is 0 Å². The van der Waals surface area contributed by atoms with Crippen LogP contribution in [0.15, 0.2) is 29.4 Å². The van der Waals surface area contributed by atoms with Gasteiger partial charge in [0, 0.05) is 11.6 Å². The summed E-state index contributed by atoms with van der Waals surface area (Å²) in [6.45, 7) is 7.34. The van der Waals surface area contributed by atoms with Crippen molar-refractivity contribution in [2.75, 3.05) is 0 Å². The molecule has 4 atom stereocenters. The molecule has 0 radical (unpaired) electrons. The highest BCUT2D eigenvalue weighted by atomic mass is 15.6. The van der Waals surface area contributed by atoms with Gasteiger partial charge in [0.2, 0.25) is 0 Å². The quantitative estimate of drug-likeness (QED) is 0.804. The molecule has 3 aliphatic rings. The van der Waals surface area contributed by atoms with Gasteiger partial charge in [0.1, 0.15) is 11.0 Å². The van der Waals surface area contributed by atoms with Gasteiger partial charge in [-0.25, -0.2) is 0 Å². The van der Waals surface area contributed by atoms with E-state index in [-0.39, 0.29) is 0 Å². The summed E-state index contributed by atoms with van der Waals surface area (Å²) in [5.74, 6) is 2.39. The zero-order valence-electron chi connectivity index (χ0n) is 13.5. The molecule has 4 heteroatoms. The van der Waals surface area contributed by atoms with E-state index < -0.39 is 0 Å². The predicted molar refractivity (Wildman–Crippen MR) is 86.6 cm³/mol. The molecular weight excluding hydrogens is 272 g/mol. The monoisotopic (exact) mass is 294 g/mol. The summed E-state index contributed by atoms with van der Waals surface area (Å²) >= 11 is 0. The van der Waals surface area contributed by atoms with Crippen LogP contribution in [0.1, 0.15) is 40.0 Å². The van der Waals surface area contributed by atoms with Gasteiger partial charge in [-0.2, -0.15) is 5.10 Å². The fourth-order valence-corrected chi connectivity index (χ4v) is 5.42. The molecule has 0 spiro atoms. The lowest BCUT2D eigenvalue weighted by Gasteiger charge is -2.51. The highest BCUT2D eigenvalue weighted by Gasteiger charge is 2.70. The third-order valence-electron chi connectivity index (χ3n) is 6.78. The molecule has 3 saturated carbocycles. The summed E-state index contributed by atoms with van der Waals surface area (Å²) in [4.78, 5) is 1.74. The van der Waals surface area contributed by atoms with Gasteiger partial charge in [0.15, 0.2) is 0 Å². The van der Waals surface area contributed by atoms with Crippen LogP contribution in [0, 0.1) is 28.6 Å². The van der Waals surface area contributed by atoms with Gasteiger partial charge < -0.3 is 0 Å². The molecule has 1 aromatic heterocycles. The van der Waals surface area contributed by atoms with Crippen molar-refractivity contribution in [3.05, 3.63) is 24.3 Å². The normalized spacial score (nSPS) is 40.1. The van der Waals surface area contributed by atoms with Crippen LogP contribution < -0.4 is 0 Å². The van der Waals surface area contributed by atoms with E-state index in [0.717, 1.165) is 29.3 Å². The average molecular weight is 294 g/mol. The lowest BCUT2D eigenvalue weighted by Crippen LogP contribution is -2.50. The molecule has 4 nitrogen and oxygen atoms in total. The first kappa shape index (κ1) is 12.8. The van der Waals surface area contributed by atoms with Crippen molar-refractivity contribution in [1.29, 1.82) is 0 Å². The Labute approximate surface area is 130 Å². The topological polar surface area (TPSA) is 43.1 Å². The van der Waals surface area contributed by atoms with Crippen molar-refractivity contribution in [2.45, 2.75) is 40.0 Å². The number of hydrogen-bond acceptors (Lipinski definition) is 3. The summed E-state index contributed by atoms with van der Waals surface area (Å²) in [7, 11) is 0. The van der Waals surface area contributed by atoms with Crippen molar-refractivity contribution >= 4 is 16.7 Å². The zero-order valence-corrected chi connectivity index (χ0v) is 13.5. The number of rotatable bonds is 1. The highest BCUT2D eigenvalue weighted by molar-refractivity contribution is 5.95. The summed E-state index contributed by atoms with van der Waals surface area (Å²) < 4.78 is 0. The fraction of sp³-hybridized carbons (Fsp3) is 0.611. The van der Waals surface area contributed by atoms with E-state index in [1.54, 1.807) is 4.79 Å². The van der Waals surface area contributed by atoms with Gasteiger partial charge in [-0.1, -0.05) is 32.9 Å². The lowest BCUT2D eigenvalue weighted by atomic mass is 9.53. The minimum absolute atomic E-state index is 0.476. The third kappa shape index (κ3) is 1.46. The van der Waals surface area contributed by atoms with Gasteiger partial charge in [0.05, 0.1) is 0 Å². The van der Waals surface area contributed by atoms with Crippen molar-refractivity contribution in [3.8, 4) is 0 Å². The van der Waals surface area contributed by atoms with Crippen LogP contribution in [0.5, 0.6) is 0 Å². The van der Waals surface area contributed by atoms with Gasteiger partial charge >= 0.3 is 0 Å². The Morgan fingerprint density at radius 2 is 2.05 bits per heavy atom. The molecule has 0 N–H and O–H groups in total. The molecule has 1 aromatic carbocycles. The van der Waals surface area contributed by atoms with Crippen molar-refractivity contribution in [2.24, 2.45) is 33.7 Å². The maximum Gasteiger partial charge on any atom is 0.115 e. The van der Waals surface area contributed by atoms with Crippen LogP contribution in [-0.2, 0) is 0 Å². The van der Waals surface area contributed by atoms with Crippen molar-refractivity contribution in [3.63, 3.8) is 0 Å². The maximum absolute atomic E-state index is 4.88. The molecule has 0 bridgehead atoms. The molecule has 3 fully saturated rings. The number of benzene rings is 1. The Balaban J connectivity index is 1.54. The SMILES string of the molecule is CC1(C)[C@@H]2[C@H]3/C(=N/n4nnc5ccccc54)C[C@@]3(C)CC[C@@H]21. The summed E-state index contributed by atoms with van der Waals surface area (Å²) in [5.41, 5.74) is 4.25.